The number of Topliss-reactive ketones (excluding diaryl/α,β-unsaturated/α-hetero) is 1. The van der Waals surface area contributed by atoms with Gasteiger partial charge in [0.1, 0.15) is 0 Å². The van der Waals surface area contributed by atoms with Gasteiger partial charge in [-0.1, -0.05) is 23.7 Å². The molecular formula is C15H14ClNO2S. The number of hydrogen-bond acceptors (Lipinski definition) is 3. The van der Waals surface area contributed by atoms with Crippen molar-refractivity contribution >= 4 is 40.3 Å². The van der Waals surface area contributed by atoms with E-state index < -0.39 is 0 Å². The van der Waals surface area contributed by atoms with Crippen LogP contribution in [0.15, 0.2) is 35.7 Å². The molecule has 0 saturated carbocycles. The summed E-state index contributed by atoms with van der Waals surface area (Å²) in [4.78, 5) is 24.3. The van der Waals surface area contributed by atoms with Crippen molar-refractivity contribution in [2.24, 2.45) is 0 Å². The summed E-state index contributed by atoms with van der Waals surface area (Å²) in [6.07, 6.45) is 0.384. The zero-order valence-electron chi connectivity index (χ0n) is 11.0. The summed E-state index contributed by atoms with van der Waals surface area (Å²) in [6, 6.07) is 8.91. The lowest BCUT2D eigenvalue weighted by molar-refractivity contribution is -0.116. The highest BCUT2D eigenvalue weighted by Crippen LogP contribution is 2.20. The molecule has 0 radical (unpaired) electrons. The molecule has 0 aliphatic heterocycles. The minimum Gasteiger partial charge on any atom is -0.326 e. The van der Waals surface area contributed by atoms with Gasteiger partial charge < -0.3 is 5.32 Å². The number of carbonyl (C=O) groups excluding carboxylic acids is 2. The quantitative estimate of drug-likeness (QED) is 0.837. The van der Waals surface area contributed by atoms with Crippen molar-refractivity contribution in [3.8, 4) is 0 Å². The smallest absolute Gasteiger partial charge is 0.224 e. The topological polar surface area (TPSA) is 46.2 Å². The van der Waals surface area contributed by atoms with Crippen LogP contribution in [-0.2, 0) is 4.79 Å². The van der Waals surface area contributed by atoms with Gasteiger partial charge in [0.2, 0.25) is 5.91 Å². The van der Waals surface area contributed by atoms with Crippen molar-refractivity contribution < 1.29 is 9.59 Å². The molecule has 0 unspecified atom stereocenters. The van der Waals surface area contributed by atoms with E-state index in [2.05, 4.69) is 5.32 Å². The SMILES string of the molecule is Cc1ccc(Cl)cc1NC(=O)CCC(=O)c1cccs1. The summed E-state index contributed by atoms with van der Waals surface area (Å²) >= 11 is 7.28. The molecule has 2 aromatic rings. The second-order valence-electron chi connectivity index (χ2n) is 4.41. The van der Waals surface area contributed by atoms with E-state index in [1.54, 1.807) is 18.2 Å². The zero-order valence-corrected chi connectivity index (χ0v) is 12.6. The van der Waals surface area contributed by atoms with Gasteiger partial charge in [0, 0.05) is 23.6 Å². The molecule has 1 heterocycles. The van der Waals surface area contributed by atoms with E-state index in [1.165, 1.54) is 11.3 Å². The van der Waals surface area contributed by atoms with Crippen molar-refractivity contribution in [1.29, 1.82) is 0 Å². The third kappa shape index (κ3) is 3.92. The van der Waals surface area contributed by atoms with Gasteiger partial charge in [-0.2, -0.15) is 0 Å². The molecule has 1 aromatic heterocycles. The zero-order chi connectivity index (χ0) is 14.5. The third-order valence-electron chi connectivity index (χ3n) is 2.85. The third-order valence-corrected chi connectivity index (χ3v) is 3.99. The maximum atomic E-state index is 11.8. The number of rotatable bonds is 5. The molecule has 2 rings (SSSR count). The molecule has 1 aromatic carbocycles. The fraction of sp³-hybridized carbons (Fsp3) is 0.200. The molecule has 0 fully saturated rings. The van der Waals surface area contributed by atoms with E-state index in [0.29, 0.717) is 15.6 Å². The van der Waals surface area contributed by atoms with Crippen LogP contribution in [0.25, 0.3) is 0 Å². The monoisotopic (exact) mass is 307 g/mol. The molecule has 104 valence electrons. The Morgan fingerprint density at radius 2 is 2.05 bits per heavy atom. The van der Waals surface area contributed by atoms with Crippen LogP contribution < -0.4 is 5.32 Å². The standard InChI is InChI=1S/C15H14ClNO2S/c1-10-4-5-11(16)9-12(10)17-15(19)7-6-13(18)14-3-2-8-20-14/h2-5,8-9H,6-7H2,1H3,(H,17,19). The van der Waals surface area contributed by atoms with Gasteiger partial charge in [-0.05, 0) is 36.1 Å². The first-order chi connectivity index (χ1) is 9.56. The van der Waals surface area contributed by atoms with Crippen LogP contribution in [0.1, 0.15) is 28.1 Å². The van der Waals surface area contributed by atoms with Gasteiger partial charge in [0.15, 0.2) is 5.78 Å². The minimum absolute atomic E-state index is 0.00188. The second kappa shape index (κ2) is 6.68. The van der Waals surface area contributed by atoms with Crippen LogP contribution >= 0.6 is 22.9 Å². The van der Waals surface area contributed by atoms with Gasteiger partial charge in [0.05, 0.1) is 4.88 Å². The number of halogens is 1. The van der Waals surface area contributed by atoms with E-state index in [1.807, 2.05) is 24.4 Å². The van der Waals surface area contributed by atoms with E-state index >= 15 is 0 Å². The number of ketones is 1. The van der Waals surface area contributed by atoms with Crippen molar-refractivity contribution in [2.75, 3.05) is 5.32 Å². The van der Waals surface area contributed by atoms with Crippen molar-refractivity contribution in [3.63, 3.8) is 0 Å². The Labute approximate surface area is 126 Å². The number of carbonyl (C=O) groups is 2. The first-order valence-electron chi connectivity index (χ1n) is 6.19. The highest BCUT2D eigenvalue weighted by atomic mass is 35.5. The Morgan fingerprint density at radius 3 is 2.75 bits per heavy atom. The van der Waals surface area contributed by atoms with Gasteiger partial charge in [-0.15, -0.1) is 11.3 Å². The fourth-order valence-electron chi connectivity index (χ4n) is 1.73. The summed E-state index contributed by atoms with van der Waals surface area (Å²) < 4.78 is 0. The summed E-state index contributed by atoms with van der Waals surface area (Å²) in [7, 11) is 0. The molecule has 0 saturated heterocycles. The lowest BCUT2D eigenvalue weighted by atomic mass is 10.1. The average Bonchev–Trinajstić information content (AvgIpc) is 2.94. The van der Waals surface area contributed by atoms with Crippen LogP contribution in [0.4, 0.5) is 5.69 Å². The van der Waals surface area contributed by atoms with Gasteiger partial charge in [0.25, 0.3) is 0 Å². The van der Waals surface area contributed by atoms with Crippen LogP contribution in [0.5, 0.6) is 0 Å². The molecule has 1 amide bonds. The Hall–Kier alpha value is -1.65. The number of aryl methyl sites for hydroxylation is 1. The van der Waals surface area contributed by atoms with E-state index in [0.717, 1.165) is 5.56 Å². The minimum atomic E-state index is -0.180. The Balaban J connectivity index is 1.90. The maximum Gasteiger partial charge on any atom is 0.224 e. The van der Waals surface area contributed by atoms with E-state index in [4.69, 9.17) is 11.6 Å². The molecule has 20 heavy (non-hydrogen) atoms. The Bertz CT molecular complexity index is 623. The van der Waals surface area contributed by atoms with E-state index in [-0.39, 0.29) is 24.5 Å². The molecular weight excluding hydrogens is 294 g/mol. The van der Waals surface area contributed by atoms with Gasteiger partial charge in [-0.3, -0.25) is 9.59 Å². The lowest BCUT2D eigenvalue weighted by Gasteiger charge is -2.08. The second-order valence-corrected chi connectivity index (χ2v) is 5.79. The Morgan fingerprint density at radius 1 is 1.25 bits per heavy atom. The maximum absolute atomic E-state index is 11.8. The van der Waals surface area contributed by atoms with Crippen LogP contribution in [-0.4, -0.2) is 11.7 Å². The fourth-order valence-corrected chi connectivity index (χ4v) is 2.60. The predicted octanol–water partition coefficient (Wildman–Crippen LogP) is 4.31. The number of thiophene rings is 1. The van der Waals surface area contributed by atoms with Crippen LogP contribution in [0.2, 0.25) is 5.02 Å². The predicted molar refractivity (Wildman–Crippen MR) is 82.7 cm³/mol. The molecule has 0 aliphatic carbocycles. The number of anilines is 1. The number of amides is 1. The summed E-state index contributed by atoms with van der Waals surface area (Å²) in [6.45, 7) is 1.89. The van der Waals surface area contributed by atoms with E-state index in [9.17, 15) is 9.59 Å². The summed E-state index contributed by atoms with van der Waals surface area (Å²) in [5.74, 6) is -0.182. The summed E-state index contributed by atoms with van der Waals surface area (Å²) in [5.41, 5.74) is 1.62. The van der Waals surface area contributed by atoms with Gasteiger partial charge in [-0.25, -0.2) is 0 Å². The number of hydrogen-bond donors (Lipinski definition) is 1. The first kappa shape index (κ1) is 14.8. The van der Waals surface area contributed by atoms with Gasteiger partial charge >= 0.3 is 0 Å². The van der Waals surface area contributed by atoms with Crippen molar-refractivity contribution in [1.82, 2.24) is 0 Å². The number of benzene rings is 1. The molecule has 0 bridgehead atoms. The van der Waals surface area contributed by atoms with Crippen LogP contribution in [0.3, 0.4) is 0 Å². The first-order valence-corrected chi connectivity index (χ1v) is 7.45. The molecule has 0 atom stereocenters. The molecule has 0 aliphatic rings. The highest BCUT2D eigenvalue weighted by Gasteiger charge is 2.11. The summed E-state index contributed by atoms with van der Waals surface area (Å²) in [5, 5.41) is 5.20. The largest absolute Gasteiger partial charge is 0.326 e. The molecule has 5 heteroatoms. The lowest BCUT2D eigenvalue weighted by Crippen LogP contribution is -2.14. The van der Waals surface area contributed by atoms with Crippen LogP contribution in [0, 0.1) is 6.92 Å². The molecule has 3 nitrogen and oxygen atoms in total. The normalized spacial score (nSPS) is 10.3. The molecule has 1 N–H and O–H groups in total. The number of nitrogens with one attached hydrogen (secondary N) is 1. The van der Waals surface area contributed by atoms with Crippen molar-refractivity contribution in [2.45, 2.75) is 19.8 Å². The average molecular weight is 308 g/mol. The van der Waals surface area contributed by atoms with Crippen molar-refractivity contribution in [3.05, 3.63) is 51.2 Å². The molecule has 0 spiro atoms. The highest BCUT2D eigenvalue weighted by molar-refractivity contribution is 7.12. The Kier molecular flexibility index (Phi) is 4.93.